The monoisotopic (exact) mass is 533 g/mol. The molecule has 1 atom stereocenters. The molecular weight excluding hydrogens is 502 g/mol. The Kier molecular flexibility index (Phi) is 6.82. The third-order valence-corrected chi connectivity index (χ3v) is 9.39. The maximum atomic E-state index is 14.0. The Morgan fingerprint density at radius 1 is 0.816 bits per heavy atom. The number of piperazine rings is 1. The van der Waals surface area contributed by atoms with E-state index >= 15 is 0 Å². The van der Waals surface area contributed by atoms with E-state index in [1.807, 2.05) is 47.4 Å². The Balaban J connectivity index is 1.24. The largest absolute Gasteiger partial charge is 0.486 e. The number of hydrogen-bond acceptors (Lipinski definition) is 6. The van der Waals surface area contributed by atoms with Gasteiger partial charge in [0, 0.05) is 45.3 Å². The molecule has 0 spiro atoms. The van der Waals surface area contributed by atoms with Gasteiger partial charge in [-0.2, -0.15) is 4.31 Å². The smallest absolute Gasteiger partial charge is 0.244 e. The highest BCUT2D eigenvalue weighted by Gasteiger charge is 2.42. The molecule has 3 heterocycles. The van der Waals surface area contributed by atoms with Gasteiger partial charge in [0.25, 0.3) is 0 Å². The Labute approximate surface area is 223 Å². The van der Waals surface area contributed by atoms with E-state index in [-0.39, 0.29) is 17.3 Å². The Morgan fingerprint density at radius 2 is 1.50 bits per heavy atom. The van der Waals surface area contributed by atoms with Crippen molar-refractivity contribution in [3.05, 3.63) is 89.5 Å². The molecule has 0 aromatic heterocycles. The lowest BCUT2D eigenvalue weighted by atomic mass is 9.95. The quantitative estimate of drug-likeness (QED) is 0.502. The van der Waals surface area contributed by atoms with E-state index in [1.165, 1.54) is 22.0 Å². The van der Waals surface area contributed by atoms with Crippen molar-refractivity contribution in [1.29, 1.82) is 0 Å². The summed E-state index contributed by atoms with van der Waals surface area (Å²) in [6, 6.07) is 21.9. The fraction of sp³-hybridized carbons (Fsp3) is 0.345. The molecule has 1 fully saturated rings. The van der Waals surface area contributed by atoms with Crippen molar-refractivity contribution < 1.29 is 22.7 Å². The second-order valence-corrected chi connectivity index (χ2v) is 11.8. The van der Waals surface area contributed by atoms with Gasteiger partial charge in [-0.15, -0.1) is 0 Å². The molecule has 198 valence electrons. The van der Waals surface area contributed by atoms with E-state index in [1.54, 1.807) is 6.07 Å². The van der Waals surface area contributed by atoms with E-state index in [0.29, 0.717) is 44.2 Å². The standard InChI is InChI=1S/C29H31N3O5S/c33-29(31-14-12-30(13-15-31)20-22-6-2-1-3-7-22)26-18-23-8-4-5-9-24(23)21-32(26)38(34,35)25-10-11-27-28(19-25)37-17-16-36-27/h1-11,19,26H,12-18,20-21H2/t26-/m1/s1. The van der Waals surface area contributed by atoms with Crippen molar-refractivity contribution in [3.63, 3.8) is 0 Å². The number of carbonyl (C=O) groups excluding carboxylic acids is 1. The fourth-order valence-corrected chi connectivity index (χ4v) is 7.04. The molecule has 0 aliphatic carbocycles. The van der Waals surface area contributed by atoms with Crippen LogP contribution in [0.3, 0.4) is 0 Å². The molecule has 1 saturated heterocycles. The summed E-state index contributed by atoms with van der Waals surface area (Å²) < 4.78 is 40.6. The van der Waals surface area contributed by atoms with Gasteiger partial charge in [0.05, 0.1) is 4.90 Å². The molecule has 6 rings (SSSR count). The SMILES string of the molecule is O=C([C@H]1Cc2ccccc2CN1S(=O)(=O)c1ccc2c(c1)OCCO2)N1CCN(Cc2ccccc2)CC1. The van der Waals surface area contributed by atoms with Crippen molar-refractivity contribution in [2.24, 2.45) is 0 Å². The first-order chi connectivity index (χ1) is 18.5. The molecule has 0 radical (unpaired) electrons. The molecule has 3 aliphatic rings. The second kappa shape index (κ2) is 10.4. The molecule has 38 heavy (non-hydrogen) atoms. The number of hydrogen-bond donors (Lipinski definition) is 0. The number of fused-ring (bicyclic) bond motifs is 2. The van der Waals surface area contributed by atoms with Crippen molar-refractivity contribution in [2.75, 3.05) is 39.4 Å². The van der Waals surface area contributed by atoms with Crippen LogP contribution in [0.2, 0.25) is 0 Å². The first-order valence-electron chi connectivity index (χ1n) is 13.0. The van der Waals surface area contributed by atoms with Crippen LogP contribution in [-0.4, -0.2) is 73.9 Å². The van der Waals surface area contributed by atoms with E-state index in [2.05, 4.69) is 17.0 Å². The van der Waals surface area contributed by atoms with Crippen LogP contribution in [0.4, 0.5) is 0 Å². The van der Waals surface area contributed by atoms with Gasteiger partial charge in [0.1, 0.15) is 19.3 Å². The average molecular weight is 534 g/mol. The molecule has 0 saturated carbocycles. The first-order valence-corrected chi connectivity index (χ1v) is 14.5. The Hall–Kier alpha value is -3.40. The zero-order valence-corrected chi connectivity index (χ0v) is 22.0. The molecular formula is C29H31N3O5S. The summed E-state index contributed by atoms with van der Waals surface area (Å²) >= 11 is 0. The summed E-state index contributed by atoms with van der Waals surface area (Å²) in [4.78, 5) is 18.2. The van der Waals surface area contributed by atoms with Crippen LogP contribution in [0.5, 0.6) is 11.5 Å². The Morgan fingerprint density at radius 3 is 2.26 bits per heavy atom. The number of ether oxygens (including phenoxy) is 2. The van der Waals surface area contributed by atoms with Gasteiger partial charge in [-0.25, -0.2) is 8.42 Å². The minimum atomic E-state index is -3.98. The average Bonchev–Trinajstić information content (AvgIpc) is 2.97. The molecule has 3 aromatic rings. The highest BCUT2D eigenvalue weighted by Crippen LogP contribution is 2.36. The minimum absolute atomic E-state index is 0.103. The van der Waals surface area contributed by atoms with Crippen LogP contribution in [0.15, 0.2) is 77.7 Å². The van der Waals surface area contributed by atoms with Crippen LogP contribution in [0.1, 0.15) is 16.7 Å². The van der Waals surface area contributed by atoms with Gasteiger partial charge in [0.15, 0.2) is 11.5 Å². The second-order valence-electron chi connectivity index (χ2n) is 9.93. The number of sulfonamides is 1. The lowest BCUT2D eigenvalue weighted by Gasteiger charge is -2.40. The number of amides is 1. The highest BCUT2D eigenvalue weighted by atomic mass is 32.2. The topological polar surface area (TPSA) is 79.4 Å². The van der Waals surface area contributed by atoms with Crippen LogP contribution in [-0.2, 0) is 34.3 Å². The molecule has 9 heteroatoms. The number of rotatable bonds is 5. The first kappa shape index (κ1) is 24.9. The van der Waals surface area contributed by atoms with Crippen molar-refractivity contribution in [3.8, 4) is 11.5 Å². The normalized spacial score (nSPS) is 20.1. The lowest BCUT2D eigenvalue weighted by molar-refractivity contribution is -0.137. The van der Waals surface area contributed by atoms with E-state index in [4.69, 9.17) is 9.47 Å². The van der Waals surface area contributed by atoms with E-state index < -0.39 is 16.1 Å². The molecule has 0 unspecified atom stereocenters. The molecule has 8 nitrogen and oxygen atoms in total. The zero-order valence-electron chi connectivity index (χ0n) is 21.2. The summed E-state index contributed by atoms with van der Waals surface area (Å²) in [5.41, 5.74) is 3.18. The minimum Gasteiger partial charge on any atom is -0.486 e. The van der Waals surface area contributed by atoms with Gasteiger partial charge >= 0.3 is 0 Å². The third kappa shape index (κ3) is 4.89. The van der Waals surface area contributed by atoms with Crippen LogP contribution in [0.25, 0.3) is 0 Å². The maximum absolute atomic E-state index is 14.0. The zero-order chi connectivity index (χ0) is 26.1. The number of nitrogens with zero attached hydrogens (tertiary/aromatic N) is 3. The third-order valence-electron chi connectivity index (χ3n) is 7.54. The summed E-state index contributed by atoms with van der Waals surface area (Å²) in [6.45, 7) is 4.42. The maximum Gasteiger partial charge on any atom is 0.244 e. The molecule has 0 N–H and O–H groups in total. The van der Waals surface area contributed by atoms with Crippen molar-refractivity contribution in [1.82, 2.24) is 14.1 Å². The van der Waals surface area contributed by atoms with Crippen molar-refractivity contribution >= 4 is 15.9 Å². The van der Waals surface area contributed by atoms with Gasteiger partial charge in [0.2, 0.25) is 15.9 Å². The lowest BCUT2D eigenvalue weighted by Crippen LogP contribution is -2.57. The fourth-order valence-electron chi connectivity index (χ4n) is 5.46. The number of benzene rings is 3. The van der Waals surface area contributed by atoms with E-state index in [9.17, 15) is 13.2 Å². The molecule has 1 amide bonds. The number of carbonyl (C=O) groups is 1. The predicted octanol–water partition coefficient (Wildman–Crippen LogP) is 2.92. The summed E-state index contributed by atoms with van der Waals surface area (Å²) in [5, 5.41) is 0. The van der Waals surface area contributed by atoms with Crippen LogP contribution >= 0.6 is 0 Å². The molecule has 0 bridgehead atoms. The van der Waals surface area contributed by atoms with Crippen molar-refractivity contribution in [2.45, 2.75) is 30.4 Å². The van der Waals surface area contributed by atoms with Gasteiger partial charge in [-0.05, 0) is 35.2 Å². The van der Waals surface area contributed by atoms with Crippen LogP contribution in [0, 0.1) is 0 Å². The molecule has 3 aromatic carbocycles. The van der Waals surface area contributed by atoms with Gasteiger partial charge in [-0.3, -0.25) is 9.69 Å². The Bertz CT molecular complexity index is 1420. The predicted molar refractivity (Wildman–Crippen MR) is 142 cm³/mol. The van der Waals surface area contributed by atoms with E-state index in [0.717, 1.165) is 30.8 Å². The molecule has 3 aliphatic heterocycles. The van der Waals surface area contributed by atoms with Gasteiger partial charge < -0.3 is 14.4 Å². The summed E-state index contributed by atoms with van der Waals surface area (Å²) in [6.07, 6.45) is 0.350. The van der Waals surface area contributed by atoms with Gasteiger partial charge in [-0.1, -0.05) is 54.6 Å². The summed E-state index contributed by atoms with van der Waals surface area (Å²) in [5.74, 6) is 0.798. The highest BCUT2D eigenvalue weighted by molar-refractivity contribution is 7.89. The summed E-state index contributed by atoms with van der Waals surface area (Å²) in [7, 11) is -3.98. The van der Waals surface area contributed by atoms with Crippen LogP contribution < -0.4 is 9.47 Å².